The number of carbonyl (C=O) groups excluding carboxylic acids is 1. The monoisotopic (exact) mass is 249 g/mol. The van der Waals surface area contributed by atoms with Crippen LogP contribution in [0.1, 0.15) is 19.8 Å². The molecule has 2 nitrogen and oxygen atoms in total. The van der Waals surface area contributed by atoms with E-state index in [9.17, 15) is 4.79 Å². The van der Waals surface area contributed by atoms with E-state index in [2.05, 4.69) is 35.8 Å². The molecule has 1 unspecified atom stereocenters. The van der Waals surface area contributed by atoms with Gasteiger partial charge in [0.25, 0.3) is 0 Å². The van der Waals surface area contributed by atoms with E-state index < -0.39 is 0 Å². The molecular formula is C14H20NOP. The summed E-state index contributed by atoms with van der Waals surface area (Å²) >= 11 is 0. The quantitative estimate of drug-likeness (QED) is 0.767. The van der Waals surface area contributed by atoms with Crippen LogP contribution in [0.2, 0.25) is 0 Å². The summed E-state index contributed by atoms with van der Waals surface area (Å²) < 4.78 is 0. The van der Waals surface area contributed by atoms with Crippen molar-refractivity contribution in [3.8, 4) is 0 Å². The highest BCUT2D eigenvalue weighted by Crippen LogP contribution is 2.23. The van der Waals surface area contributed by atoms with Gasteiger partial charge in [0.05, 0.1) is 0 Å². The molecule has 1 aliphatic rings. The zero-order chi connectivity index (χ0) is 12.3. The predicted molar refractivity (Wildman–Crippen MR) is 75.9 cm³/mol. The Morgan fingerprint density at radius 2 is 1.82 bits per heavy atom. The van der Waals surface area contributed by atoms with E-state index in [1.54, 1.807) is 6.92 Å². The van der Waals surface area contributed by atoms with E-state index in [-0.39, 0.29) is 0 Å². The first-order valence-electron chi connectivity index (χ1n) is 6.24. The Kier molecular flexibility index (Phi) is 4.17. The van der Waals surface area contributed by atoms with E-state index in [0.29, 0.717) is 11.7 Å². The Morgan fingerprint density at radius 3 is 2.29 bits per heavy atom. The summed E-state index contributed by atoms with van der Waals surface area (Å²) in [7, 11) is 0.865. The fourth-order valence-electron chi connectivity index (χ4n) is 2.38. The number of rotatable bonds is 3. The van der Waals surface area contributed by atoms with Crippen molar-refractivity contribution in [2.75, 3.05) is 24.7 Å². The van der Waals surface area contributed by atoms with Gasteiger partial charge in [0.1, 0.15) is 5.78 Å². The van der Waals surface area contributed by atoms with Crippen LogP contribution in [-0.2, 0) is 4.79 Å². The van der Waals surface area contributed by atoms with Gasteiger partial charge in [-0.05, 0) is 43.9 Å². The zero-order valence-corrected chi connectivity index (χ0v) is 11.6. The number of piperidine rings is 1. The van der Waals surface area contributed by atoms with E-state index in [1.807, 2.05) is 0 Å². The molecule has 0 aromatic heterocycles. The smallest absolute Gasteiger partial charge is 0.133 e. The van der Waals surface area contributed by atoms with Crippen LogP contribution in [0, 0.1) is 5.92 Å². The van der Waals surface area contributed by atoms with Crippen molar-refractivity contribution in [1.82, 2.24) is 0 Å². The highest BCUT2D eigenvalue weighted by Gasteiger charge is 2.22. The van der Waals surface area contributed by atoms with Crippen LogP contribution in [0.25, 0.3) is 0 Å². The highest BCUT2D eigenvalue weighted by atomic mass is 31.1. The van der Waals surface area contributed by atoms with Crippen LogP contribution in [0.15, 0.2) is 24.3 Å². The van der Waals surface area contributed by atoms with E-state index in [4.69, 9.17) is 0 Å². The maximum atomic E-state index is 11.3. The van der Waals surface area contributed by atoms with E-state index in [1.165, 1.54) is 11.0 Å². The van der Waals surface area contributed by atoms with E-state index in [0.717, 1.165) is 34.5 Å². The summed E-state index contributed by atoms with van der Waals surface area (Å²) in [5.41, 5.74) is 1.30. The molecule has 0 N–H and O–H groups in total. The molecule has 1 aromatic carbocycles. The lowest BCUT2D eigenvalue weighted by molar-refractivity contribution is -0.121. The lowest BCUT2D eigenvalue weighted by atomic mass is 9.93. The highest BCUT2D eigenvalue weighted by molar-refractivity contribution is 7.46. The number of hydrogen-bond acceptors (Lipinski definition) is 2. The zero-order valence-electron chi connectivity index (χ0n) is 10.6. The van der Waals surface area contributed by atoms with Crippen molar-refractivity contribution in [2.45, 2.75) is 19.8 Å². The molecule has 17 heavy (non-hydrogen) atoms. The molecule has 1 aliphatic heterocycles. The largest absolute Gasteiger partial charge is 0.371 e. The van der Waals surface area contributed by atoms with Gasteiger partial charge in [0, 0.05) is 24.7 Å². The topological polar surface area (TPSA) is 20.3 Å². The van der Waals surface area contributed by atoms with Crippen LogP contribution in [0.3, 0.4) is 0 Å². The van der Waals surface area contributed by atoms with Crippen molar-refractivity contribution < 1.29 is 4.79 Å². The first-order valence-corrected chi connectivity index (χ1v) is 7.74. The summed E-state index contributed by atoms with van der Waals surface area (Å²) in [6, 6.07) is 8.84. The van der Waals surface area contributed by atoms with Crippen molar-refractivity contribution >= 4 is 25.4 Å². The second-order valence-electron chi connectivity index (χ2n) is 4.67. The molecule has 0 bridgehead atoms. The Hall–Kier alpha value is -0.880. The predicted octanol–water partition coefficient (Wildman–Crippen LogP) is 2.43. The van der Waals surface area contributed by atoms with Crippen molar-refractivity contribution in [3.63, 3.8) is 0 Å². The minimum absolute atomic E-state index is 0.294. The molecule has 2 rings (SSSR count). The van der Waals surface area contributed by atoms with Crippen LogP contribution >= 0.6 is 8.58 Å². The Balaban J connectivity index is 1.97. The second kappa shape index (κ2) is 5.64. The van der Waals surface area contributed by atoms with Gasteiger partial charge in [-0.2, -0.15) is 0 Å². The van der Waals surface area contributed by atoms with Crippen molar-refractivity contribution in [3.05, 3.63) is 24.3 Å². The van der Waals surface area contributed by atoms with E-state index >= 15 is 0 Å². The summed E-state index contributed by atoms with van der Waals surface area (Å²) in [6.45, 7) is 5.95. The maximum Gasteiger partial charge on any atom is 0.133 e. The normalized spacial score (nSPS) is 17.9. The van der Waals surface area contributed by atoms with Gasteiger partial charge in [-0.25, -0.2) is 0 Å². The average Bonchev–Trinajstić information content (AvgIpc) is 2.39. The Bertz CT molecular complexity index is 380. The number of carbonyl (C=O) groups is 1. The first-order chi connectivity index (χ1) is 8.20. The number of anilines is 1. The third-order valence-corrected chi connectivity index (χ3v) is 4.50. The molecule has 1 atom stereocenters. The number of Topliss-reactive ketones (excluding diaryl/α,β-unsaturated/α-hetero) is 1. The molecule has 3 heteroatoms. The minimum Gasteiger partial charge on any atom is -0.371 e. The van der Waals surface area contributed by atoms with Gasteiger partial charge in [0.15, 0.2) is 0 Å². The van der Waals surface area contributed by atoms with Crippen molar-refractivity contribution in [1.29, 1.82) is 0 Å². The van der Waals surface area contributed by atoms with Crippen LogP contribution in [-0.4, -0.2) is 25.5 Å². The average molecular weight is 249 g/mol. The fourth-order valence-corrected chi connectivity index (χ4v) is 2.88. The maximum absolute atomic E-state index is 11.3. The van der Waals surface area contributed by atoms with Gasteiger partial charge < -0.3 is 4.90 Å². The standard InChI is InChI=1S/C14H20NOP/c1-11(16)12-7-9-15(10-8-12)13-3-5-14(17-2)6-4-13/h3-6,12,17H,7-10H2,1-2H3. The summed E-state index contributed by atoms with van der Waals surface area (Å²) in [5, 5.41) is 1.41. The number of ketones is 1. The number of nitrogens with zero attached hydrogens (tertiary/aromatic N) is 1. The lowest BCUT2D eigenvalue weighted by Gasteiger charge is -2.32. The minimum atomic E-state index is 0.294. The fraction of sp³-hybridized carbons (Fsp3) is 0.500. The molecule has 1 aromatic rings. The molecule has 0 spiro atoms. The number of benzene rings is 1. The molecule has 0 radical (unpaired) electrons. The van der Waals surface area contributed by atoms with Crippen molar-refractivity contribution in [2.24, 2.45) is 5.92 Å². The molecule has 92 valence electrons. The van der Waals surface area contributed by atoms with Gasteiger partial charge in [-0.3, -0.25) is 4.79 Å². The molecule has 1 saturated heterocycles. The van der Waals surface area contributed by atoms with Gasteiger partial charge in [0.2, 0.25) is 0 Å². The number of hydrogen-bond donors (Lipinski definition) is 0. The van der Waals surface area contributed by atoms with Gasteiger partial charge in [-0.15, -0.1) is 0 Å². The molecular weight excluding hydrogens is 229 g/mol. The SMILES string of the molecule is CPc1ccc(N2CCC(C(C)=O)CC2)cc1. The molecule has 1 heterocycles. The first kappa shape index (κ1) is 12.6. The van der Waals surface area contributed by atoms with Crippen LogP contribution in [0.4, 0.5) is 5.69 Å². The molecule has 0 saturated carbocycles. The molecule has 0 aliphatic carbocycles. The molecule has 0 amide bonds. The van der Waals surface area contributed by atoms with Crippen LogP contribution in [0.5, 0.6) is 0 Å². The Labute approximate surface area is 105 Å². The van der Waals surface area contributed by atoms with Gasteiger partial charge in [-0.1, -0.05) is 20.7 Å². The van der Waals surface area contributed by atoms with Gasteiger partial charge >= 0.3 is 0 Å². The summed E-state index contributed by atoms with van der Waals surface area (Å²) in [6.07, 6.45) is 2.01. The summed E-state index contributed by atoms with van der Waals surface area (Å²) in [4.78, 5) is 13.7. The molecule has 1 fully saturated rings. The Morgan fingerprint density at radius 1 is 1.24 bits per heavy atom. The third-order valence-electron chi connectivity index (χ3n) is 3.59. The summed E-state index contributed by atoms with van der Waals surface area (Å²) in [5.74, 6) is 0.648. The van der Waals surface area contributed by atoms with Crippen LogP contribution < -0.4 is 10.2 Å². The lowest BCUT2D eigenvalue weighted by Crippen LogP contribution is -2.35. The third kappa shape index (κ3) is 3.07. The second-order valence-corrected chi connectivity index (χ2v) is 5.75.